The third-order valence-electron chi connectivity index (χ3n) is 2.66. The Morgan fingerprint density at radius 3 is 2.88 bits per heavy atom. The van der Waals surface area contributed by atoms with Gasteiger partial charge in [0.2, 0.25) is 0 Å². The van der Waals surface area contributed by atoms with Crippen molar-refractivity contribution >= 4 is 0 Å². The molecule has 0 fully saturated rings. The van der Waals surface area contributed by atoms with Crippen LogP contribution < -0.4 is 0 Å². The van der Waals surface area contributed by atoms with Crippen LogP contribution in [0.25, 0.3) is 0 Å². The quantitative estimate of drug-likeness (QED) is 0.590. The third kappa shape index (κ3) is 3.11. The molecule has 3 nitrogen and oxygen atoms in total. The molecule has 1 aromatic heterocycles. The number of nitrogens with zero attached hydrogens (tertiary/aromatic N) is 2. The highest BCUT2D eigenvalue weighted by Gasteiger charge is 2.14. The van der Waals surface area contributed by atoms with Crippen LogP contribution in [0.15, 0.2) is 6.07 Å². The maximum atomic E-state index is 10.0. The fourth-order valence-electron chi connectivity index (χ4n) is 1.73. The van der Waals surface area contributed by atoms with Crippen molar-refractivity contribution < 1.29 is 5.11 Å². The number of terminal acetylenes is 1. The van der Waals surface area contributed by atoms with E-state index in [-0.39, 0.29) is 0 Å². The molecule has 1 heterocycles. The van der Waals surface area contributed by atoms with Crippen LogP contribution >= 0.6 is 0 Å². The second-order valence-corrected chi connectivity index (χ2v) is 3.84. The van der Waals surface area contributed by atoms with Crippen LogP contribution in [0, 0.1) is 12.3 Å². The van der Waals surface area contributed by atoms with Crippen molar-refractivity contribution in [3.05, 3.63) is 17.5 Å². The fraction of sp³-hybridized carbons (Fsp3) is 0.615. The van der Waals surface area contributed by atoms with Gasteiger partial charge >= 0.3 is 0 Å². The Balaban J connectivity index is 2.69. The van der Waals surface area contributed by atoms with E-state index >= 15 is 0 Å². The van der Waals surface area contributed by atoms with Crippen molar-refractivity contribution in [1.82, 2.24) is 9.78 Å². The van der Waals surface area contributed by atoms with E-state index in [0.29, 0.717) is 6.42 Å². The molecule has 0 aliphatic carbocycles. The first-order chi connectivity index (χ1) is 7.72. The summed E-state index contributed by atoms with van der Waals surface area (Å²) in [6, 6.07) is 1.99. The highest BCUT2D eigenvalue weighted by Crippen LogP contribution is 2.20. The Morgan fingerprint density at radius 1 is 1.56 bits per heavy atom. The summed E-state index contributed by atoms with van der Waals surface area (Å²) < 4.78 is 1.87. The molecule has 1 unspecified atom stereocenters. The van der Waals surface area contributed by atoms with Crippen LogP contribution in [-0.4, -0.2) is 14.9 Å². The summed E-state index contributed by atoms with van der Waals surface area (Å²) in [5, 5.41) is 14.5. The molecule has 0 aromatic carbocycles. The summed E-state index contributed by atoms with van der Waals surface area (Å²) in [5.41, 5.74) is 1.95. The summed E-state index contributed by atoms with van der Waals surface area (Å²) in [7, 11) is 0. The summed E-state index contributed by atoms with van der Waals surface area (Å²) in [6.07, 6.45) is 7.93. The van der Waals surface area contributed by atoms with Gasteiger partial charge in [-0.05, 0) is 32.3 Å². The Kier molecular flexibility index (Phi) is 5.07. The standard InChI is InChI=1S/C13H20N2O/c1-4-7-8-9-13(16)12-10-11(5-2)14-15(12)6-3/h1,10,13,16H,5-9H2,2-3H3. The second kappa shape index (κ2) is 6.34. The highest BCUT2D eigenvalue weighted by atomic mass is 16.3. The molecule has 16 heavy (non-hydrogen) atoms. The van der Waals surface area contributed by atoms with Gasteiger partial charge in [-0.3, -0.25) is 4.68 Å². The summed E-state index contributed by atoms with van der Waals surface area (Å²) in [4.78, 5) is 0. The smallest absolute Gasteiger partial charge is 0.0957 e. The molecule has 1 rings (SSSR count). The van der Waals surface area contributed by atoms with Crippen LogP contribution in [0.4, 0.5) is 0 Å². The monoisotopic (exact) mass is 220 g/mol. The molecule has 88 valence electrons. The summed E-state index contributed by atoms with van der Waals surface area (Å²) in [6.45, 7) is 4.89. The lowest BCUT2D eigenvalue weighted by atomic mass is 10.1. The van der Waals surface area contributed by atoms with E-state index in [1.807, 2.05) is 17.7 Å². The molecule has 1 N–H and O–H groups in total. The highest BCUT2D eigenvalue weighted by molar-refractivity contribution is 5.13. The first kappa shape index (κ1) is 12.8. The molecule has 1 atom stereocenters. The van der Waals surface area contributed by atoms with Crippen LogP contribution in [0.1, 0.15) is 50.6 Å². The lowest BCUT2D eigenvalue weighted by Gasteiger charge is -2.11. The molecule has 3 heteroatoms. The van der Waals surface area contributed by atoms with Crippen molar-refractivity contribution in [1.29, 1.82) is 0 Å². The molecular formula is C13H20N2O. The maximum Gasteiger partial charge on any atom is 0.0957 e. The second-order valence-electron chi connectivity index (χ2n) is 3.84. The Labute approximate surface area is 97.5 Å². The van der Waals surface area contributed by atoms with Crippen LogP contribution in [0.5, 0.6) is 0 Å². The molecule has 1 aromatic rings. The molecule has 0 bridgehead atoms. The molecule has 0 saturated heterocycles. The van der Waals surface area contributed by atoms with Crippen molar-refractivity contribution in [2.75, 3.05) is 0 Å². The Morgan fingerprint density at radius 2 is 2.31 bits per heavy atom. The number of aryl methyl sites for hydroxylation is 2. The molecule has 0 amide bonds. The predicted octanol–water partition coefficient (Wildman–Crippen LogP) is 2.30. The van der Waals surface area contributed by atoms with Gasteiger partial charge in [0, 0.05) is 13.0 Å². The molecular weight excluding hydrogens is 200 g/mol. The Hall–Kier alpha value is -1.27. The number of aromatic nitrogens is 2. The van der Waals surface area contributed by atoms with Gasteiger partial charge in [0.05, 0.1) is 17.5 Å². The normalized spacial score (nSPS) is 12.4. The third-order valence-corrected chi connectivity index (χ3v) is 2.66. The van der Waals surface area contributed by atoms with E-state index in [2.05, 4.69) is 17.9 Å². The summed E-state index contributed by atoms with van der Waals surface area (Å²) >= 11 is 0. The maximum absolute atomic E-state index is 10.0. The van der Waals surface area contributed by atoms with E-state index in [9.17, 15) is 5.11 Å². The van der Waals surface area contributed by atoms with Crippen LogP contribution in [0.2, 0.25) is 0 Å². The van der Waals surface area contributed by atoms with Crippen molar-refractivity contribution in [2.45, 2.75) is 52.2 Å². The first-order valence-electron chi connectivity index (χ1n) is 5.91. The molecule has 0 radical (unpaired) electrons. The van der Waals surface area contributed by atoms with Crippen LogP contribution in [-0.2, 0) is 13.0 Å². The van der Waals surface area contributed by atoms with Gasteiger partial charge < -0.3 is 5.11 Å². The number of aliphatic hydroxyl groups is 1. The van der Waals surface area contributed by atoms with E-state index < -0.39 is 6.10 Å². The van der Waals surface area contributed by atoms with E-state index in [0.717, 1.165) is 37.2 Å². The minimum atomic E-state index is -0.443. The van der Waals surface area contributed by atoms with Crippen molar-refractivity contribution in [3.63, 3.8) is 0 Å². The lowest BCUT2D eigenvalue weighted by Crippen LogP contribution is -2.07. The lowest BCUT2D eigenvalue weighted by molar-refractivity contribution is 0.154. The van der Waals surface area contributed by atoms with Gasteiger partial charge in [0.25, 0.3) is 0 Å². The van der Waals surface area contributed by atoms with Gasteiger partial charge in [-0.2, -0.15) is 5.10 Å². The van der Waals surface area contributed by atoms with E-state index in [1.165, 1.54) is 0 Å². The molecule has 0 spiro atoms. The Bertz CT molecular complexity index is 362. The average Bonchev–Trinajstić information content (AvgIpc) is 2.72. The number of hydrogen-bond donors (Lipinski definition) is 1. The zero-order chi connectivity index (χ0) is 12.0. The van der Waals surface area contributed by atoms with Gasteiger partial charge in [0.15, 0.2) is 0 Å². The minimum absolute atomic E-state index is 0.443. The van der Waals surface area contributed by atoms with Gasteiger partial charge in [-0.25, -0.2) is 0 Å². The number of hydrogen-bond acceptors (Lipinski definition) is 2. The first-order valence-corrected chi connectivity index (χ1v) is 5.91. The van der Waals surface area contributed by atoms with Gasteiger partial charge in [-0.15, -0.1) is 12.3 Å². The zero-order valence-corrected chi connectivity index (χ0v) is 10.1. The van der Waals surface area contributed by atoms with Gasteiger partial charge in [-0.1, -0.05) is 6.92 Å². The molecule has 0 saturated carbocycles. The van der Waals surface area contributed by atoms with E-state index in [4.69, 9.17) is 6.42 Å². The number of unbranched alkanes of at least 4 members (excludes halogenated alkanes) is 1. The summed E-state index contributed by atoms with van der Waals surface area (Å²) in [5.74, 6) is 2.59. The van der Waals surface area contributed by atoms with Crippen molar-refractivity contribution in [3.8, 4) is 12.3 Å². The van der Waals surface area contributed by atoms with Gasteiger partial charge in [0.1, 0.15) is 0 Å². The molecule has 0 aliphatic heterocycles. The fourth-order valence-corrected chi connectivity index (χ4v) is 1.73. The SMILES string of the molecule is C#CCCCC(O)c1cc(CC)nn1CC. The largest absolute Gasteiger partial charge is 0.387 e. The molecule has 0 aliphatic rings. The van der Waals surface area contributed by atoms with Crippen molar-refractivity contribution in [2.24, 2.45) is 0 Å². The van der Waals surface area contributed by atoms with Crippen LogP contribution in [0.3, 0.4) is 0 Å². The van der Waals surface area contributed by atoms with E-state index in [1.54, 1.807) is 0 Å². The topological polar surface area (TPSA) is 38.1 Å². The number of aliphatic hydroxyl groups excluding tert-OH is 1. The number of rotatable bonds is 6. The predicted molar refractivity (Wildman–Crippen MR) is 64.9 cm³/mol. The zero-order valence-electron chi connectivity index (χ0n) is 10.1. The minimum Gasteiger partial charge on any atom is -0.387 e. The average molecular weight is 220 g/mol.